The van der Waals surface area contributed by atoms with Crippen LogP contribution in [0.1, 0.15) is 18.3 Å². The second kappa shape index (κ2) is 3.76. The monoisotopic (exact) mass is 284 g/mol. The fourth-order valence-electron chi connectivity index (χ4n) is 0.965. The van der Waals surface area contributed by atoms with Crippen molar-refractivity contribution in [3.63, 3.8) is 0 Å². The summed E-state index contributed by atoms with van der Waals surface area (Å²) in [5, 5.41) is 5.12. The number of hydrogen-bond donors (Lipinski definition) is 0. The Bertz CT molecular complexity index is 257. The summed E-state index contributed by atoms with van der Waals surface area (Å²) in [4.78, 5) is 0. The molecule has 1 heterocycles. The van der Waals surface area contributed by atoms with Crippen LogP contribution in [0.4, 0.5) is 0 Å². The van der Waals surface area contributed by atoms with Gasteiger partial charge in [-0.05, 0) is 6.42 Å². The van der Waals surface area contributed by atoms with E-state index in [0.29, 0.717) is 0 Å². The highest BCUT2D eigenvalue weighted by atomic mass is 127. The molecule has 11 heavy (non-hydrogen) atoms. The van der Waals surface area contributed by atoms with Crippen molar-refractivity contribution in [1.29, 1.82) is 0 Å². The van der Waals surface area contributed by atoms with E-state index in [1.807, 2.05) is 11.7 Å². The van der Waals surface area contributed by atoms with Crippen LogP contribution in [0.3, 0.4) is 0 Å². The fourth-order valence-corrected chi connectivity index (χ4v) is 2.43. The number of rotatable bonds is 2. The number of nitrogens with zero attached hydrogens (tertiary/aromatic N) is 2. The molecule has 62 valence electrons. The first-order valence-electron chi connectivity index (χ1n) is 3.46. The van der Waals surface area contributed by atoms with E-state index in [2.05, 4.69) is 34.6 Å². The summed E-state index contributed by atoms with van der Waals surface area (Å²) >= 11 is 8.33. The zero-order valence-electron chi connectivity index (χ0n) is 6.56. The Balaban J connectivity index is 3.14. The zero-order valence-corrected chi connectivity index (χ0v) is 9.48. The molecule has 0 saturated heterocycles. The molecule has 0 spiro atoms. The lowest BCUT2D eigenvalue weighted by Gasteiger charge is -1.94. The largest absolute Gasteiger partial charge is 0.270 e. The minimum absolute atomic E-state index is 0.837. The minimum Gasteiger partial charge on any atom is -0.270 e. The molecule has 2 nitrogen and oxygen atoms in total. The second-order valence-corrected chi connectivity index (χ2v) is 3.46. The van der Waals surface area contributed by atoms with Crippen molar-refractivity contribution >= 4 is 34.2 Å². The molecule has 0 saturated carbocycles. The Morgan fingerprint density at radius 3 is 2.55 bits per heavy atom. The average Bonchev–Trinajstić information content (AvgIpc) is 2.26. The first-order valence-corrected chi connectivity index (χ1v) is 5.37. The Kier molecular flexibility index (Phi) is 3.18. The summed E-state index contributed by atoms with van der Waals surface area (Å²) in [6, 6.07) is 0. The van der Waals surface area contributed by atoms with Gasteiger partial charge in [0.1, 0.15) is 0 Å². The van der Waals surface area contributed by atoms with Crippen LogP contribution in [-0.4, -0.2) is 9.78 Å². The Labute approximate surface area is 85.1 Å². The summed E-state index contributed by atoms with van der Waals surface area (Å²) in [6.07, 6.45) is 0.906. The second-order valence-electron chi connectivity index (χ2n) is 2.32. The summed E-state index contributed by atoms with van der Waals surface area (Å²) in [7, 11) is 1.93. The van der Waals surface area contributed by atoms with Crippen molar-refractivity contribution in [1.82, 2.24) is 9.78 Å². The average molecular weight is 285 g/mol. The van der Waals surface area contributed by atoms with Gasteiger partial charge in [0.2, 0.25) is 0 Å². The molecule has 0 aliphatic heterocycles. The van der Waals surface area contributed by atoms with E-state index < -0.39 is 0 Å². The molecule has 0 aromatic carbocycles. The quantitative estimate of drug-likeness (QED) is 0.603. The smallest absolute Gasteiger partial charge is 0.0857 e. The van der Waals surface area contributed by atoms with Gasteiger partial charge in [-0.15, -0.1) is 0 Å². The van der Waals surface area contributed by atoms with E-state index in [9.17, 15) is 0 Å². The zero-order chi connectivity index (χ0) is 8.43. The molecule has 0 fully saturated rings. The molecule has 0 unspecified atom stereocenters. The third-order valence-corrected chi connectivity index (χ3v) is 2.79. The number of aryl methyl sites for hydroxylation is 2. The van der Waals surface area contributed by atoms with Gasteiger partial charge in [0.05, 0.1) is 16.4 Å². The van der Waals surface area contributed by atoms with E-state index in [4.69, 9.17) is 11.6 Å². The molecule has 1 aromatic rings. The molecule has 1 aromatic heterocycles. The summed E-state index contributed by atoms with van der Waals surface area (Å²) in [6.45, 7) is 2.06. The molecular weight excluding hydrogens is 274 g/mol. The lowest BCUT2D eigenvalue weighted by atomic mass is 10.3. The maximum atomic E-state index is 6.04. The first-order chi connectivity index (χ1) is 5.20. The van der Waals surface area contributed by atoms with Crippen LogP contribution in [0.5, 0.6) is 0 Å². The predicted molar refractivity (Wildman–Crippen MR) is 55.3 cm³/mol. The highest BCUT2D eigenvalue weighted by Crippen LogP contribution is 2.22. The molecule has 0 N–H and O–H groups in total. The molecule has 0 aliphatic carbocycles. The Morgan fingerprint density at radius 1 is 1.64 bits per heavy atom. The summed E-state index contributed by atoms with van der Waals surface area (Å²) in [5.41, 5.74) is 2.12. The molecular formula is C7H10ClIN2. The third-order valence-electron chi connectivity index (χ3n) is 1.63. The highest BCUT2D eigenvalue weighted by Gasteiger charge is 2.10. The summed E-state index contributed by atoms with van der Waals surface area (Å²) in [5.74, 6) is 0. The van der Waals surface area contributed by atoms with Crippen LogP contribution in [0.2, 0.25) is 5.02 Å². The van der Waals surface area contributed by atoms with E-state index >= 15 is 0 Å². The van der Waals surface area contributed by atoms with Crippen molar-refractivity contribution < 1.29 is 0 Å². The van der Waals surface area contributed by atoms with Crippen LogP contribution >= 0.6 is 34.2 Å². The maximum absolute atomic E-state index is 6.04. The molecule has 0 aliphatic rings. The molecule has 1 rings (SSSR count). The molecule has 4 heteroatoms. The van der Waals surface area contributed by atoms with Gasteiger partial charge in [-0.3, -0.25) is 4.68 Å². The van der Waals surface area contributed by atoms with Gasteiger partial charge in [0.15, 0.2) is 0 Å². The van der Waals surface area contributed by atoms with Gasteiger partial charge in [-0.1, -0.05) is 41.1 Å². The van der Waals surface area contributed by atoms with Crippen LogP contribution in [0, 0.1) is 0 Å². The van der Waals surface area contributed by atoms with Crippen molar-refractivity contribution in [3.05, 3.63) is 16.4 Å². The Hall–Kier alpha value is 0.230. The van der Waals surface area contributed by atoms with E-state index in [1.165, 1.54) is 0 Å². The van der Waals surface area contributed by atoms with Crippen molar-refractivity contribution in [3.8, 4) is 0 Å². The van der Waals surface area contributed by atoms with Crippen molar-refractivity contribution in [2.24, 2.45) is 7.05 Å². The molecule has 0 amide bonds. The van der Waals surface area contributed by atoms with Gasteiger partial charge in [-0.2, -0.15) is 5.10 Å². The maximum Gasteiger partial charge on any atom is 0.0857 e. The van der Waals surface area contributed by atoms with E-state index in [0.717, 1.165) is 27.3 Å². The third kappa shape index (κ3) is 1.69. The number of aromatic nitrogens is 2. The van der Waals surface area contributed by atoms with E-state index in [-0.39, 0.29) is 0 Å². The van der Waals surface area contributed by atoms with Gasteiger partial charge in [-0.25, -0.2) is 0 Å². The van der Waals surface area contributed by atoms with Gasteiger partial charge >= 0.3 is 0 Å². The molecule has 0 atom stereocenters. The van der Waals surface area contributed by atoms with Gasteiger partial charge in [0.25, 0.3) is 0 Å². The molecule has 0 radical (unpaired) electrons. The lowest BCUT2D eigenvalue weighted by molar-refractivity contribution is 0.722. The standard InChI is InChI=1S/C7H10ClIN2/c1-3-5-7(8)6(4-9)11(2)10-5/h3-4H2,1-2H3. The number of alkyl halides is 1. The van der Waals surface area contributed by atoms with Crippen LogP contribution < -0.4 is 0 Å². The normalized spacial score (nSPS) is 10.5. The Morgan fingerprint density at radius 2 is 2.27 bits per heavy atom. The summed E-state index contributed by atoms with van der Waals surface area (Å²) < 4.78 is 2.77. The SMILES string of the molecule is CCc1nn(C)c(CI)c1Cl. The van der Waals surface area contributed by atoms with Gasteiger partial charge in [0, 0.05) is 11.5 Å². The topological polar surface area (TPSA) is 17.8 Å². The van der Waals surface area contributed by atoms with Crippen LogP contribution in [-0.2, 0) is 17.9 Å². The predicted octanol–water partition coefficient (Wildman–Crippen LogP) is 2.57. The first kappa shape index (κ1) is 9.32. The van der Waals surface area contributed by atoms with Crippen LogP contribution in [0.15, 0.2) is 0 Å². The highest BCUT2D eigenvalue weighted by molar-refractivity contribution is 14.1. The number of halogens is 2. The van der Waals surface area contributed by atoms with Crippen molar-refractivity contribution in [2.75, 3.05) is 0 Å². The van der Waals surface area contributed by atoms with E-state index in [1.54, 1.807) is 0 Å². The number of hydrogen-bond acceptors (Lipinski definition) is 1. The fraction of sp³-hybridized carbons (Fsp3) is 0.571. The minimum atomic E-state index is 0.837. The van der Waals surface area contributed by atoms with Crippen molar-refractivity contribution in [2.45, 2.75) is 17.8 Å². The molecule has 0 bridgehead atoms. The lowest BCUT2D eigenvalue weighted by Crippen LogP contribution is -1.95. The van der Waals surface area contributed by atoms with Crippen LogP contribution in [0.25, 0.3) is 0 Å². The van der Waals surface area contributed by atoms with Gasteiger partial charge < -0.3 is 0 Å².